The molecule has 2 aromatic carbocycles. The quantitative estimate of drug-likeness (QED) is 0.760. The maximum atomic E-state index is 13.6. The molecule has 0 aliphatic rings. The summed E-state index contributed by atoms with van der Waals surface area (Å²) < 4.78 is 18.8. The number of benzene rings is 2. The summed E-state index contributed by atoms with van der Waals surface area (Å²) in [5.41, 5.74) is 10.7. The maximum absolute atomic E-state index is 13.6. The Morgan fingerprint density at radius 1 is 1.00 bits per heavy atom. The molecule has 4 heteroatoms. The Morgan fingerprint density at radius 3 is 2.48 bits per heavy atom. The van der Waals surface area contributed by atoms with Crippen LogP contribution in [0.25, 0.3) is 22.4 Å². The van der Waals surface area contributed by atoms with E-state index in [9.17, 15) is 4.39 Å². The molecule has 0 aliphatic heterocycles. The minimum atomic E-state index is -0.304. The molecule has 0 spiro atoms. The Kier molecular flexibility index (Phi) is 3.22. The van der Waals surface area contributed by atoms with E-state index in [1.165, 1.54) is 12.1 Å². The van der Waals surface area contributed by atoms with Crippen molar-refractivity contribution >= 4 is 5.88 Å². The summed E-state index contributed by atoms with van der Waals surface area (Å²) in [5, 5.41) is 4.01. The van der Waals surface area contributed by atoms with Crippen LogP contribution in [0, 0.1) is 19.7 Å². The van der Waals surface area contributed by atoms with Gasteiger partial charge in [0.05, 0.1) is 5.56 Å². The fraction of sp³-hybridized carbons (Fsp3) is 0.118. The van der Waals surface area contributed by atoms with E-state index in [0.29, 0.717) is 16.8 Å². The van der Waals surface area contributed by atoms with Crippen LogP contribution in [0.3, 0.4) is 0 Å². The first-order valence-corrected chi connectivity index (χ1v) is 6.64. The second kappa shape index (κ2) is 5.05. The number of nitrogens with zero attached hydrogens (tertiary/aromatic N) is 1. The number of aromatic nitrogens is 1. The SMILES string of the molecule is Cc1cc(F)cc(-c2noc(N)c2-c2cccc(C)c2)c1. The van der Waals surface area contributed by atoms with Gasteiger partial charge < -0.3 is 10.3 Å². The van der Waals surface area contributed by atoms with Crippen molar-refractivity contribution < 1.29 is 8.91 Å². The molecule has 0 saturated heterocycles. The van der Waals surface area contributed by atoms with E-state index in [4.69, 9.17) is 10.3 Å². The van der Waals surface area contributed by atoms with Crippen LogP contribution in [0.15, 0.2) is 47.0 Å². The highest BCUT2D eigenvalue weighted by molar-refractivity contribution is 5.87. The zero-order chi connectivity index (χ0) is 15.0. The van der Waals surface area contributed by atoms with E-state index in [1.54, 1.807) is 0 Å². The van der Waals surface area contributed by atoms with E-state index >= 15 is 0 Å². The van der Waals surface area contributed by atoms with E-state index in [0.717, 1.165) is 16.7 Å². The minimum absolute atomic E-state index is 0.234. The van der Waals surface area contributed by atoms with Gasteiger partial charge in [-0.2, -0.15) is 0 Å². The summed E-state index contributed by atoms with van der Waals surface area (Å²) in [5.74, 6) is -0.0701. The molecule has 3 aromatic rings. The number of hydrogen-bond acceptors (Lipinski definition) is 3. The van der Waals surface area contributed by atoms with Gasteiger partial charge in [0, 0.05) is 5.56 Å². The van der Waals surface area contributed by atoms with Crippen molar-refractivity contribution in [3.05, 3.63) is 59.4 Å². The highest BCUT2D eigenvalue weighted by atomic mass is 19.1. The standard InChI is InChI=1S/C17H15FN2O/c1-10-4-3-5-12(6-10)15-16(20-21-17(15)19)13-7-11(2)8-14(18)9-13/h3-9H,19H2,1-2H3. The molecule has 106 valence electrons. The molecular formula is C17H15FN2O. The summed E-state index contributed by atoms with van der Waals surface area (Å²) in [6, 6.07) is 12.6. The lowest BCUT2D eigenvalue weighted by Gasteiger charge is -2.05. The lowest BCUT2D eigenvalue weighted by atomic mass is 9.98. The fourth-order valence-electron chi connectivity index (χ4n) is 2.45. The molecule has 2 N–H and O–H groups in total. The van der Waals surface area contributed by atoms with Crippen molar-refractivity contribution in [1.82, 2.24) is 5.16 Å². The normalized spacial score (nSPS) is 10.8. The monoisotopic (exact) mass is 282 g/mol. The minimum Gasteiger partial charge on any atom is -0.367 e. The van der Waals surface area contributed by atoms with Gasteiger partial charge in [0.2, 0.25) is 5.88 Å². The third-order valence-electron chi connectivity index (χ3n) is 3.34. The number of nitrogens with two attached hydrogens (primary N) is 1. The Morgan fingerprint density at radius 2 is 1.76 bits per heavy atom. The van der Waals surface area contributed by atoms with E-state index in [1.807, 2.05) is 44.2 Å². The number of anilines is 1. The molecule has 3 rings (SSSR count). The smallest absolute Gasteiger partial charge is 0.230 e. The van der Waals surface area contributed by atoms with Gasteiger partial charge >= 0.3 is 0 Å². The van der Waals surface area contributed by atoms with Crippen molar-refractivity contribution in [2.45, 2.75) is 13.8 Å². The predicted molar refractivity (Wildman–Crippen MR) is 81.2 cm³/mol. The van der Waals surface area contributed by atoms with Crippen molar-refractivity contribution in [2.24, 2.45) is 0 Å². The van der Waals surface area contributed by atoms with Crippen LogP contribution in [0.5, 0.6) is 0 Å². The van der Waals surface area contributed by atoms with Crippen LogP contribution in [0.1, 0.15) is 11.1 Å². The first-order valence-electron chi connectivity index (χ1n) is 6.64. The van der Waals surface area contributed by atoms with Crippen molar-refractivity contribution in [1.29, 1.82) is 0 Å². The summed E-state index contributed by atoms with van der Waals surface area (Å²) in [7, 11) is 0. The van der Waals surface area contributed by atoms with Gasteiger partial charge in [-0.3, -0.25) is 0 Å². The van der Waals surface area contributed by atoms with E-state index in [2.05, 4.69) is 5.16 Å². The number of hydrogen-bond donors (Lipinski definition) is 1. The van der Waals surface area contributed by atoms with Gasteiger partial charge in [0.15, 0.2) is 0 Å². The van der Waals surface area contributed by atoms with Crippen molar-refractivity contribution in [3.63, 3.8) is 0 Å². The molecule has 0 unspecified atom stereocenters. The van der Waals surface area contributed by atoms with Gasteiger partial charge in [-0.15, -0.1) is 0 Å². The highest BCUT2D eigenvalue weighted by Gasteiger charge is 2.18. The predicted octanol–water partition coefficient (Wildman–Crippen LogP) is 4.35. The highest BCUT2D eigenvalue weighted by Crippen LogP contribution is 2.36. The number of rotatable bonds is 2. The van der Waals surface area contributed by atoms with Crippen LogP contribution in [-0.4, -0.2) is 5.16 Å². The Labute approximate surface area is 122 Å². The molecule has 0 amide bonds. The lowest BCUT2D eigenvalue weighted by molar-refractivity contribution is 0.439. The first-order chi connectivity index (χ1) is 10.0. The molecule has 21 heavy (non-hydrogen) atoms. The summed E-state index contributed by atoms with van der Waals surface area (Å²) in [6.45, 7) is 3.83. The third kappa shape index (κ3) is 2.52. The molecule has 0 radical (unpaired) electrons. The van der Waals surface area contributed by atoms with Crippen molar-refractivity contribution in [3.8, 4) is 22.4 Å². The Hall–Kier alpha value is -2.62. The van der Waals surface area contributed by atoms with Gasteiger partial charge in [-0.05, 0) is 43.2 Å². The summed E-state index contributed by atoms with van der Waals surface area (Å²) in [4.78, 5) is 0. The molecule has 0 atom stereocenters. The topological polar surface area (TPSA) is 52.0 Å². The third-order valence-corrected chi connectivity index (χ3v) is 3.34. The molecule has 0 bridgehead atoms. The largest absolute Gasteiger partial charge is 0.367 e. The van der Waals surface area contributed by atoms with Crippen LogP contribution >= 0.6 is 0 Å². The molecule has 1 heterocycles. The maximum Gasteiger partial charge on any atom is 0.230 e. The van der Waals surface area contributed by atoms with Crippen LogP contribution in [0.2, 0.25) is 0 Å². The second-order valence-corrected chi connectivity index (χ2v) is 5.16. The van der Waals surface area contributed by atoms with Crippen molar-refractivity contribution in [2.75, 3.05) is 5.73 Å². The zero-order valence-corrected chi connectivity index (χ0v) is 11.9. The summed E-state index contributed by atoms with van der Waals surface area (Å²) >= 11 is 0. The molecule has 0 fully saturated rings. The van der Waals surface area contributed by atoms with E-state index < -0.39 is 0 Å². The number of aryl methyl sites for hydroxylation is 2. The molecule has 1 aromatic heterocycles. The number of halogens is 1. The Bertz CT molecular complexity index is 788. The zero-order valence-electron chi connectivity index (χ0n) is 11.9. The molecule has 0 aliphatic carbocycles. The van der Waals surface area contributed by atoms with Crippen LogP contribution < -0.4 is 5.73 Å². The van der Waals surface area contributed by atoms with Crippen LogP contribution in [-0.2, 0) is 0 Å². The average Bonchev–Trinajstić information content (AvgIpc) is 2.79. The average molecular weight is 282 g/mol. The van der Waals surface area contributed by atoms with Gasteiger partial charge in [0.25, 0.3) is 0 Å². The lowest BCUT2D eigenvalue weighted by Crippen LogP contribution is -1.89. The van der Waals surface area contributed by atoms with Crippen LogP contribution in [0.4, 0.5) is 10.3 Å². The van der Waals surface area contributed by atoms with Gasteiger partial charge in [-0.25, -0.2) is 4.39 Å². The Balaban J connectivity index is 2.21. The van der Waals surface area contributed by atoms with E-state index in [-0.39, 0.29) is 11.7 Å². The molecule has 3 nitrogen and oxygen atoms in total. The molecule has 0 saturated carbocycles. The second-order valence-electron chi connectivity index (χ2n) is 5.16. The van der Waals surface area contributed by atoms with Gasteiger partial charge in [0.1, 0.15) is 11.5 Å². The fourth-order valence-corrected chi connectivity index (χ4v) is 2.45. The summed E-state index contributed by atoms with van der Waals surface area (Å²) in [6.07, 6.45) is 0. The van der Waals surface area contributed by atoms with Gasteiger partial charge in [-0.1, -0.05) is 35.0 Å². The molecular weight excluding hydrogens is 267 g/mol. The number of nitrogen functional groups attached to an aromatic ring is 1. The first kappa shape index (κ1) is 13.4.